The van der Waals surface area contributed by atoms with Crippen molar-refractivity contribution in [3.05, 3.63) is 112 Å². The standard InChI is InChI=1S/C32H26ClN3O5S2/c1-3-13-40-23-9-6-8-19(16-23)27-26(28(37)20-11-12-25-22(15-20)14-18(2)41-25)29(38)30(39)36(27)31-34-35-32(43-31)42-17-21-7-4-5-10-24(21)33/h3-12,15-16,18,27,37H,1,13-14,17H2,2H3/t18-,27+/m1/s1. The lowest BCUT2D eigenvalue weighted by Crippen LogP contribution is -2.29. The van der Waals surface area contributed by atoms with Gasteiger partial charge in [-0.3, -0.25) is 14.5 Å². The van der Waals surface area contributed by atoms with Crippen LogP contribution in [0.2, 0.25) is 5.02 Å². The van der Waals surface area contributed by atoms with Crippen molar-refractivity contribution in [1.82, 2.24) is 10.2 Å². The summed E-state index contributed by atoms with van der Waals surface area (Å²) in [5, 5.41) is 21.1. The summed E-state index contributed by atoms with van der Waals surface area (Å²) in [6.45, 7) is 5.94. The molecule has 1 amide bonds. The molecule has 3 heterocycles. The third-order valence-corrected chi connectivity index (χ3v) is 9.54. The van der Waals surface area contributed by atoms with Crippen LogP contribution in [0.5, 0.6) is 11.5 Å². The van der Waals surface area contributed by atoms with Crippen LogP contribution in [0.3, 0.4) is 0 Å². The molecule has 8 nitrogen and oxygen atoms in total. The van der Waals surface area contributed by atoms with E-state index in [0.29, 0.717) is 38.4 Å². The first-order valence-corrected chi connectivity index (χ1v) is 15.7. The van der Waals surface area contributed by atoms with Crippen LogP contribution < -0.4 is 14.4 Å². The summed E-state index contributed by atoms with van der Waals surface area (Å²) in [5.74, 6) is -0.0709. The number of thioether (sulfide) groups is 1. The third-order valence-electron chi connectivity index (χ3n) is 7.07. The highest BCUT2D eigenvalue weighted by Crippen LogP contribution is 2.45. The summed E-state index contributed by atoms with van der Waals surface area (Å²) in [6.07, 6.45) is 2.31. The molecule has 0 spiro atoms. The zero-order valence-electron chi connectivity index (χ0n) is 23.0. The molecule has 0 bridgehead atoms. The summed E-state index contributed by atoms with van der Waals surface area (Å²) in [4.78, 5) is 28.6. The smallest absolute Gasteiger partial charge is 0.301 e. The average Bonchev–Trinajstić information content (AvgIpc) is 3.70. The number of aromatic nitrogens is 2. The van der Waals surface area contributed by atoms with Crippen LogP contribution in [0.4, 0.5) is 5.13 Å². The molecule has 0 saturated carbocycles. The molecule has 2 aliphatic rings. The second-order valence-corrected chi connectivity index (χ2v) is 12.6. The maximum absolute atomic E-state index is 13.6. The van der Waals surface area contributed by atoms with Gasteiger partial charge in [-0.15, -0.1) is 10.2 Å². The highest BCUT2D eigenvalue weighted by molar-refractivity contribution is 8.00. The number of carbonyl (C=O) groups is 2. The number of aliphatic hydroxyl groups is 1. The van der Waals surface area contributed by atoms with Crippen LogP contribution >= 0.6 is 34.7 Å². The number of benzene rings is 3. The van der Waals surface area contributed by atoms with Crippen molar-refractivity contribution in [3.8, 4) is 11.5 Å². The number of ketones is 1. The van der Waals surface area contributed by atoms with Crippen molar-refractivity contribution in [2.24, 2.45) is 0 Å². The number of fused-ring (bicyclic) bond motifs is 1. The van der Waals surface area contributed by atoms with E-state index in [-0.39, 0.29) is 29.2 Å². The number of carbonyl (C=O) groups excluding carboxylic acids is 2. The van der Waals surface area contributed by atoms with Crippen molar-refractivity contribution in [2.75, 3.05) is 11.5 Å². The monoisotopic (exact) mass is 631 g/mol. The first kappa shape index (κ1) is 29.0. The molecule has 11 heteroatoms. The van der Waals surface area contributed by atoms with Crippen LogP contribution in [-0.4, -0.2) is 39.7 Å². The summed E-state index contributed by atoms with van der Waals surface area (Å²) < 4.78 is 12.1. The Labute approximate surface area is 261 Å². The van der Waals surface area contributed by atoms with Gasteiger partial charge in [-0.1, -0.05) is 77.7 Å². The Kier molecular flexibility index (Phi) is 8.25. The molecule has 1 N–H and O–H groups in total. The van der Waals surface area contributed by atoms with E-state index in [9.17, 15) is 14.7 Å². The van der Waals surface area contributed by atoms with Crippen molar-refractivity contribution < 1.29 is 24.2 Å². The first-order valence-electron chi connectivity index (χ1n) is 13.5. The number of hydrogen-bond donors (Lipinski definition) is 1. The maximum Gasteiger partial charge on any atom is 0.301 e. The lowest BCUT2D eigenvalue weighted by Gasteiger charge is -2.23. The van der Waals surface area contributed by atoms with E-state index >= 15 is 0 Å². The molecule has 0 radical (unpaired) electrons. The molecule has 1 saturated heterocycles. The zero-order valence-corrected chi connectivity index (χ0v) is 25.4. The summed E-state index contributed by atoms with van der Waals surface area (Å²) in [7, 11) is 0. The topological polar surface area (TPSA) is 102 Å². The van der Waals surface area contributed by atoms with Crippen LogP contribution in [0.1, 0.15) is 35.2 Å². The van der Waals surface area contributed by atoms with Gasteiger partial charge in [0.05, 0.1) is 11.6 Å². The minimum Gasteiger partial charge on any atom is -0.507 e. The van der Waals surface area contributed by atoms with Gasteiger partial charge in [-0.05, 0) is 60.0 Å². The van der Waals surface area contributed by atoms with Gasteiger partial charge in [-0.2, -0.15) is 0 Å². The maximum atomic E-state index is 13.6. The Bertz CT molecular complexity index is 1770. The van der Waals surface area contributed by atoms with E-state index in [0.717, 1.165) is 16.9 Å². The van der Waals surface area contributed by atoms with Gasteiger partial charge >= 0.3 is 5.91 Å². The van der Waals surface area contributed by atoms with E-state index in [1.54, 1.807) is 48.5 Å². The van der Waals surface area contributed by atoms with Crippen LogP contribution in [0.15, 0.2) is 89.3 Å². The van der Waals surface area contributed by atoms with E-state index in [1.807, 2.05) is 31.2 Å². The zero-order chi connectivity index (χ0) is 30.1. The molecule has 0 aliphatic carbocycles. The average molecular weight is 632 g/mol. The highest BCUT2D eigenvalue weighted by Gasteiger charge is 2.48. The number of amides is 1. The molecule has 0 unspecified atom stereocenters. The predicted molar refractivity (Wildman–Crippen MR) is 168 cm³/mol. The fourth-order valence-corrected chi connectivity index (χ4v) is 7.27. The van der Waals surface area contributed by atoms with E-state index < -0.39 is 17.7 Å². The van der Waals surface area contributed by atoms with Gasteiger partial charge in [0.2, 0.25) is 5.13 Å². The largest absolute Gasteiger partial charge is 0.507 e. The lowest BCUT2D eigenvalue weighted by atomic mass is 9.94. The molecule has 3 aromatic carbocycles. The molecule has 6 rings (SSSR count). The Morgan fingerprint density at radius 1 is 1.19 bits per heavy atom. The Hall–Kier alpha value is -4.12. The van der Waals surface area contributed by atoms with Crippen molar-refractivity contribution in [1.29, 1.82) is 0 Å². The molecule has 218 valence electrons. The van der Waals surface area contributed by atoms with Gasteiger partial charge in [0.25, 0.3) is 5.78 Å². The predicted octanol–water partition coefficient (Wildman–Crippen LogP) is 7.00. The second-order valence-electron chi connectivity index (χ2n) is 10.0. The number of rotatable bonds is 9. The molecule has 1 fully saturated rings. The van der Waals surface area contributed by atoms with Crippen LogP contribution in [0.25, 0.3) is 5.76 Å². The highest BCUT2D eigenvalue weighted by atomic mass is 35.5. The fourth-order valence-electron chi connectivity index (χ4n) is 5.11. The molecule has 2 atom stereocenters. The Morgan fingerprint density at radius 2 is 2.02 bits per heavy atom. The number of nitrogens with zero attached hydrogens (tertiary/aromatic N) is 3. The molecule has 2 aliphatic heterocycles. The summed E-state index contributed by atoms with van der Waals surface area (Å²) in [6, 6.07) is 18.9. The van der Waals surface area contributed by atoms with Gasteiger partial charge in [0.1, 0.15) is 30.0 Å². The van der Waals surface area contributed by atoms with E-state index in [4.69, 9.17) is 21.1 Å². The summed E-state index contributed by atoms with van der Waals surface area (Å²) >= 11 is 8.93. The minimum atomic E-state index is -0.968. The third kappa shape index (κ3) is 5.78. The minimum absolute atomic E-state index is 0.0127. The van der Waals surface area contributed by atoms with E-state index in [1.165, 1.54) is 28.0 Å². The number of hydrogen-bond acceptors (Lipinski definition) is 9. The van der Waals surface area contributed by atoms with Crippen molar-refractivity contribution >= 4 is 57.3 Å². The Balaban J connectivity index is 1.40. The van der Waals surface area contributed by atoms with Gasteiger partial charge in [-0.25, -0.2) is 0 Å². The number of Topliss-reactive ketones (excluding diaryl/α,β-unsaturated/α-hetero) is 1. The summed E-state index contributed by atoms with van der Waals surface area (Å²) in [5.41, 5.74) is 2.81. The first-order chi connectivity index (χ1) is 20.8. The van der Waals surface area contributed by atoms with Crippen LogP contribution in [-0.2, 0) is 21.8 Å². The second kappa shape index (κ2) is 12.2. The molecular formula is C32H26ClN3O5S2. The van der Waals surface area contributed by atoms with Gasteiger partial charge < -0.3 is 14.6 Å². The molecular weight excluding hydrogens is 606 g/mol. The normalized spacial score (nSPS) is 18.9. The van der Waals surface area contributed by atoms with Gasteiger partial charge in [0, 0.05) is 22.8 Å². The SMILES string of the molecule is C=CCOc1cccc([C@H]2C(=C(O)c3ccc4c(c3)C[C@@H](C)O4)C(=O)C(=O)N2c2nnc(SCc3ccccc3Cl)s2)c1. The molecule has 1 aromatic heterocycles. The van der Waals surface area contributed by atoms with Gasteiger partial charge in [0.15, 0.2) is 4.34 Å². The number of halogens is 1. The fraction of sp³-hybridized carbons (Fsp3) is 0.188. The number of anilines is 1. The van der Waals surface area contributed by atoms with Crippen molar-refractivity contribution in [2.45, 2.75) is 35.6 Å². The number of aliphatic hydroxyl groups excluding tert-OH is 1. The van der Waals surface area contributed by atoms with Crippen molar-refractivity contribution in [3.63, 3.8) is 0 Å². The van der Waals surface area contributed by atoms with E-state index in [2.05, 4.69) is 16.8 Å². The molecule has 43 heavy (non-hydrogen) atoms. The Morgan fingerprint density at radius 3 is 2.84 bits per heavy atom. The number of ether oxygens (including phenoxy) is 2. The van der Waals surface area contributed by atoms with Crippen LogP contribution in [0, 0.1) is 0 Å². The lowest BCUT2D eigenvalue weighted by molar-refractivity contribution is -0.132. The quantitative estimate of drug-likeness (QED) is 0.0526. The molecule has 4 aromatic rings.